The van der Waals surface area contributed by atoms with Gasteiger partial charge >= 0.3 is 0 Å². The molecule has 3 aromatic rings. The van der Waals surface area contributed by atoms with Crippen LogP contribution in [0.2, 0.25) is 0 Å². The van der Waals surface area contributed by atoms with Crippen LogP contribution in [0.4, 0.5) is 10.8 Å². The van der Waals surface area contributed by atoms with Gasteiger partial charge in [0.15, 0.2) is 16.6 Å². The second-order valence-corrected chi connectivity index (χ2v) is 8.63. The topological polar surface area (TPSA) is 116 Å². The number of aromatic nitrogens is 1. The average molecular weight is 464 g/mol. The monoisotopic (exact) mass is 463 g/mol. The van der Waals surface area contributed by atoms with Crippen molar-refractivity contribution in [2.75, 3.05) is 30.9 Å². The summed E-state index contributed by atoms with van der Waals surface area (Å²) in [6, 6.07) is 8.75. The summed E-state index contributed by atoms with van der Waals surface area (Å²) in [6.07, 6.45) is 1.55. The maximum atomic E-state index is 13.0. The molecule has 2 N–H and O–H groups in total. The molecule has 0 saturated heterocycles. The smallest absolute Gasteiger partial charge is 0.261 e. The first-order chi connectivity index (χ1) is 14.9. The largest absolute Gasteiger partial charge is 0.494 e. The number of methoxy groups -OCH3 is 2. The number of anilines is 2. The predicted octanol–water partition coefficient (Wildman–Crippen LogP) is 3.61. The minimum atomic E-state index is -4.00. The Labute approximate surface area is 184 Å². The van der Waals surface area contributed by atoms with Gasteiger partial charge in [-0.1, -0.05) is 0 Å². The van der Waals surface area contributed by atoms with Crippen molar-refractivity contribution >= 4 is 38.1 Å². The number of ether oxygens (including phenoxy) is 3. The van der Waals surface area contributed by atoms with E-state index in [9.17, 15) is 13.2 Å². The number of nitrogens with one attached hydrogen (secondary N) is 2. The second-order valence-electron chi connectivity index (χ2n) is 6.05. The first-order valence-electron chi connectivity index (χ1n) is 9.10. The Morgan fingerprint density at radius 3 is 2.35 bits per heavy atom. The van der Waals surface area contributed by atoms with Crippen LogP contribution in [0.25, 0.3) is 0 Å². The Morgan fingerprint density at radius 2 is 1.77 bits per heavy atom. The molecule has 1 heterocycles. The number of thiazole rings is 1. The van der Waals surface area contributed by atoms with E-state index < -0.39 is 15.9 Å². The SMILES string of the molecule is CCOc1ccc(S(=O)(=O)Nc2cc(OC)c(OC)cc2C(=O)Nc2nccs2)cc1. The normalized spacial score (nSPS) is 10.9. The van der Waals surface area contributed by atoms with Crippen LogP contribution in [0.3, 0.4) is 0 Å². The van der Waals surface area contributed by atoms with Crippen LogP contribution in [0.5, 0.6) is 17.2 Å². The van der Waals surface area contributed by atoms with Gasteiger partial charge < -0.3 is 14.2 Å². The molecule has 0 aliphatic rings. The fraction of sp³-hybridized carbons (Fsp3) is 0.200. The molecule has 0 saturated carbocycles. The van der Waals surface area contributed by atoms with E-state index in [1.54, 1.807) is 23.7 Å². The van der Waals surface area contributed by atoms with Crippen molar-refractivity contribution in [2.45, 2.75) is 11.8 Å². The maximum Gasteiger partial charge on any atom is 0.261 e. The van der Waals surface area contributed by atoms with E-state index in [1.165, 1.54) is 49.8 Å². The zero-order valence-corrected chi connectivity index (χ0v) is 18.7. The summed E-state index contributed by atoms with van der Waals surface area (Å²) in [5.74, 6) is 0.532. The molecular weight excluding hydrogens is 442 g/mol. The molecule has 164 valence electrons. The standard InChI is InChI=1S/C20H21N3O6S2/c1-4-29-13-5-7-14(8-6-13)31(25,26)23-16-12-18(28-3)17(27-2)11-15(16)19(24)22-20-21-9-10-30-20/h5-12,23H,4H2,1-3H3,(H,21,22,24). The lowest BCUT2D eigenvalue weighted by atomic mass is 10.1. The molecule has 3 rings (SSSR count). The van der Waals surface area contributed by atoms with Gasteiger partial charge in [-0.05, 0) is 37.3 Å². The molecule has 2 aromatic carbocycles. The molecule has 9 nitrogen and oxygen atoms in total. The lowest BCUT2D eigenvalue weighted by Crippen LogP contribution is -2.19. The number of amides is 1. The Kier molecular flexibility index (Phi) is 6.98. The predicted molar refractivity (Wildman–Crippen MR) is 118 cm³/mol. The number of hydrogen-bond acceptors (Lipinski definition) is 8. The molecule has 0 unspecified atom stereocenters. The molecule has 0 atom stereocenters. The quantitative estimate of drug-likeness (QED) is 0.498. The number of rotatable bonds is 9. The molecule has 0 aliphatic heterocycles. The zero-order chi connectivity index (χ0) is 22.4. The Morgan fingerprint density at radius 1 is 1.10 bits per heavy atom. The van der Waals surface area contributed by atoms with Crippen molar-refractivity contribution in [3.05, 3.63) is 53.5 Å². The van der Waals surface area contributed by atoms with Gasteiger partial charge in [-0.15, -0.1) is 11.3 Å². The summed E-state index contributed by atoms with van der Waals surface area (Å²) in [6.45, 7) is 2.30. The van der Waals surface area contributed by atoms with Gasteiger partial charge in [0.05, 0.1) is 37.0 Å². The van der Waals surface area contributed by atoms with Crippen LogP contribution in [0, 0.1) is 0 Å². The van der Waals surface area contributed by atoms with E-state index in [2.05, 4.69) is 15.0 Å². The fourth-order valence-corrected chi connectivity index (χ4v) is 4.28. The van der Waals surface area contributed by atoms with E-state index in [0.717, 1.165) is 0 Å². The second kappa shape index (κ2) is 9.67. The van der Waals surface area contributed by atoms with Crippen molar-refractivity contribution in [3.8, 4) is 17.2 Å². The molecule has 0 spiro atoms. The van der Waals surface area contributed by atoms with Crippen molar-refractivity contribution in [1.29, 1.82) is 0 Å². The first kappa shape index (κ1) is 22.4. The van der Waals surface area contributed by atoms with Crippen LogP contribution >= 0.6 is 11.3 Å². The summed E-state index contributed by atoms with van der Waals surface area (Å²) in [5.41, 5.74) is 0.0722. The molecule has 0 aliphatic carbocycles. The van der Waals surface area contributed by atoms with Crippen LogP contribution < -0.4 is 24.2 Å². The van der Waals surface area contributed by atoms with E-state index in [4.69, 9.17) is 14.2 Å². The summed E-state index contributed by atoms with van der Waals surface area (Å²) < 4.78 is 44.2. The lowest BCUT2D eigenvalue weighted by Gasteiger charge is -2.16. The highest BCUT2D eigenvalue weighted by atomic mass is 32.2. The molecule has 31 heavy (non-hydrogen) atoms. The van der Waals surface area contributed by atoms with Crippen LogP contribution in [0.15, 0.2) is 52.9 Å². The Hall–Kier alpha value is -3.31. The Balaban J connectivity index is 1.98. The molecule has 0 bridgehead atoms. The van der Waals surface area contributed by atoms with Gasteiger partial charge in [-0.25, -0.2) is 13.4 Å². The molecule has 1 amide bonds. The van der Waals surface area contributed by atoms with Crippen molar-refractivity contribution in [3.63, 3.8) is 0 Å². The molecule has 11 heteroatoms. The van der Waals surface area contributed by atoms with Gasteiger partial charge in [0.25, 0.3) is 15.9 Å². The summed E-state index contributed by atoms with van der Waals surface area (Å²) in [7, 11) is -1.17. The van der Waals surface area contributed by atoms with Crippen LogP contribution in [-0.2, 0) is 10.0 Å². The molecule has 0 radical (unpaired) electrons. The summed E-state index contributed by atoms with van der Waals surface area (Å²) >= 11 is 1.24. The maximum absolute atomic E-state index is 13.0. The van der Waals surface area contributed by atoms with E-state index in [0.29, 0.717) is 17.5 Å². The number of carbonyl (C=O) groups is 1. The first-order valence-corrected chi connectivity index (χ1v) is 11.5. The third-order valence-electron chi connectivity index (χ3n) is 4.11. The third-order valence-corrected chi connectivity index (χ3v) is 6.18. The summed E-state index contributed by atoms with van der Waals surface area (Å²) in [4.78, 5) is 16.9. The molecule has 1 aromatic heterocycles. The van der Waals surface area contributed by atoms with Gasteiger partial charge in [-0.3, -0.25) is 14.8 Å². The highest BCUT2D eigenvalue weighted by Crippen LogP contribution is 2.35. The average Bonchev–Trinajstić information content (AvgIpc) is 3.26. The third kappa shape index (κ3) is 5.25. The molecule has 0 fully saturated rings. The number of sulfonamides is 1. The van der Waals surface area contributed by atoms with Crippen molar-refractivity contribution in [1.82, 2.24) is 4.98 Å². The van der Waals surface area contributed by atoms with E-state index in [-0.39, 0.29) is 27.6 Å². The summed E-state index contributed by atoms with van der Waals surface area (Å²) in [5, 5.41) is 4.72. The highest BCUT2D eigenvalue weighted by molar-refractivity contribution is 7.92. The van der Waals surface area contributed by atoms with Crippen LogP contribution in [-0.4, -0.2) is 40.1 Å². The Bertz CT molecular complexity index is 1150. The number of nitrogens with zero attached hydrogens (tertiary/aromatic N) is 1. The van der Waals surface area contributed by atoms with Gasteiger partial charge in [-0.2, -0.15) is 0 Å². The fourth-order valence-electron chi connectivity index (χ4n) is 2.69. The van der Waals surface area contributed by atoms with Gasteiger partial charge in [0.2, 0.25) is 0 Å². The number of carbonyl (C=O) groups excluding carboxylic acids is 1. The minimum Gasteiger partial charge on any atom is -0.494 e. The van der Waals surface area contributed by atoms with Crippen molar-refractivity contribution in [2.24, 2.45) is 0 Å². The number of hydrogen-bond donors (Lipinski definition) is 2. The van der Waals surface area contributed by atoms with Gasteiger partial charge in [0.1, 0.15) is 5.75 Å². The van der Waals surface area contributed by atoms with Crippen LogP contribution in [0.1, 0.15) is 17.3 Å². The van der Waals surface area contributed by atoms with E-state index in [1.807, 2.05) is 6.92 Å². The highest BCUT2D eigenvalue weighted by Gasteiger charge is 2.22. The van der Waals surface area contributed by atoms with Crippen molar-refractivity contribution < 1.29 is 27.4 Å². The lowest BCUT2D eigenvalue weighted by molar-refractivity contribution is 0.102. The van der Waals surface area contributed by atoms with Gasteiger partial charge in [0, 0.05) is 17.6 Å². The minimum absolute atomic E-state index is 0.0111. The molecular formula is C20H21N3O6S2. The number of benzene rings is 2. The zero-order valence-electron chi connectivity index (χ0n) is 17.0. The van der Waals surface area contributed by atoms with E-state index >= 15 is 0 Å².